The summed E-state index contributed by atoms with van der Waals surface area (Å²) in [6.45, 7) is 1.26. The number of anilines is 1. The summed E-state index contributed by atoms with van der Waals surface area (Å²) in [5.41, 5.74) is 1.27. The number of aromatic nitrogens is 1. The molecule has 0 fully saturated rings. The van der Waals surface area contributed by atoms with E-state index in [0.717, 1.165) is 11.4 Å². The Morgan fingerprint density at radius 2 is 2.07 bits per heavy atom. The Bertz CT molecular complexity index is 1020. The maximum atomic E-state index is 13.2. The number of quaternary nitrogens is 1. The zero-order valence-electron chi connectivity index (χ0n) is 15.8. The van der Waals surface area contributed by atoms with Crippen LogP contribution in [0.2, 0.25) is 0 Å². The molecule has 0 spiro atoms. The summed E-state index contributed by atoms with van der Waals surface area (Å²) in [4.78, 5) is 32.3. The molecule has 0 radical (unpaired) electrons. The van der Waals surface area contributed by atoms with Gasteiger partial charge in [0.2, 0.25) is 0 Å². The number of nitrogens with zero attached hydrogens (tertiary/aromatic N) is 3. The number of hydrogen-bond donors (Lipinski definition) is 1. The van der Waals surface area contributed by atoms with Crippen LogP contribution in [-0.4, -0.2) is 49.3 Å². The number of benzene rings is 2. The third-order valence-corrected chi connectivity index (χ3v) is 5.97. The van der Waals surface area contributed by atoms with Crippen LogP contribution in [-0.2, 0) is 0 Å². The zero-order chi connectivity index (χ0) is 20.3. The molecule has 1 heterocycles. The highest BCUT2D eigenvalue weighted by Gasteiger charge is 2.23. The molecule has 28 heavy (non-hydrogen) atoms. The van der Waals surface area contributed by atoms with E-state index in [9.17, 15) is 14.9 Å². The third kappa shape index (κ3) is 4.49. The molecule has 0 aliphatic heterocycles. The first-order valence-electron chi connectivity index (χ1n) is 8.69. The highest BCUT2D eigenvalue weighted by molar-refractivity contribution is 7.98. The number of carbonyl (C=O) groups excluding carboxylic acids is 1. The van der Waals surface area contributed by atoms with Crippen LogP contribution < -0.4 is 9.80 Å². The fourth-order valence-electron chi connectivity index (χ4n) is 2.66. The third-order valence-electron chi connectivity index (χ3n) is 4.20. The number of rotatable bonds is 7. The number of carbonyl (C=O) groups is 1. The number of fused-ring (bicyclic) bond motifs is 1. The van der Waals surface area contributed by atoms with Crippen molar-refractivity contribution in [1.82, 2.24) is 4.98 Å². The Kier molecular flexibility index (Phi) is 6.28. The van der Waals surface area contributed by atoms with Gasteiger partial charge in [0, 0.05) is 22.6 Å². The average Bonchev–Trinajstić information content (AvgIpc) is 3.10. The van der Waals surface area contributed by atoms with Gasteiger partial charge >= 0.3 is 0 Å². The van der Waals surface area contributed by atoms with Crippen LogP contribution >= 0.6 is 23.1 Å². The van der Waals surface area contributed by atoms with Gasteiger partial charge < -0.3 is 4.90 Å². The van der Waals surface area contributed by atoms with E-state index in [4.69, 9.17) is 0 Å². The molecule has 2 aromatic carbocycles. The molecule has 0 aliphatic carbocycles. The fourth-order valence-corrected chi connectivity index (χ4v) is 4.14. The van der Waals surface area contributed by atoms with Crippen LogP contribution in [0.1, 0.15) is 10.4 Å². The summed E-state index contributed by atoms with van der Waals surface area (Å²) in [5.74, 6) is -0.120. The van der Waals surface area contributed by atoms with Crippen LogP contribution in [0.5, 0.6) is 0 Å². The lowest BCUT2D eigenvalue weighted by Gasteiger charge is -2.21. The van der Waals surface area contributed by atoms with Crippen molar-refractivity contribution in [3.63, 3.8) is 0 Å². The van der Waals surface area contributed by atoms with Gasteiger partial charge in [-0.2, -0.15) is 0 Å². The SMILES string of the molecule is CSc1cccc(C(=O)N(CC[NH+](C)C)c2nc3ccc([N+](=O)[O-])cc3s2)c1. The monoisotopic (exact) mass is 417 g/mol. The summed E-state index contributed by atoms with van der Waals surface area (Å²) in [6.07, 6.45) is 1.97. The van der Waals surface area contributed by atoms with Crippen molar-refractivity contribution >= 4 is 50.0 Å². The Balaban J connectivity index is 2.00. The highest BCUT2D eigenvalue weighted by Crippen LogP contribution is 2.32. The Labute approximate surface area is 171 Å². The molecule has 0 saturated carbocycles. The van der Waals surface area contributed by atoms with E-state index < -0.39 is 4.92 Å². The normalized spacial score (nSPS) is 11.1. The van der Waals surface area contributed by atoms with Crippen LogP contribution in [0.4, 0.5) is 10.8 Å². The molecule has 0 unspecified atom stereocenters. The minimum Gasteiger partial charge on any atom is -0.338 e. The summed E-state index contributed by atoms with van der Waals surface area (Å²) in [7, 11) is 4.05. The predicted molar refractivity (Wildman–Crippen MR) is 114 cm³/mol. The first-order valence-corrected chi connectivity index (χ1v) is 10.7. The smallest absolute Gasteiger partial charge is 0.270 e. The lowest BCUT2D eigenvalue weighted by molar-refractivity contribution is -0.856. The number of nitro benzene ring substituents is 1. The van der Waals surface area contributed by atoms with Crippen molar-refractivity contribution in [2.75, 3.05) is 38.3 Å². The molecule has 3 rings (SSSR count). The first-order chi connectivity index (χ1) is 13.4. The second-order valence-electron chi connectivity index (χ2n) is 6.55. The highest BCUT2D eigenvalue weighted by atomic mass is 32.2. The number of hydrogen-bond acceptors (Lipinski definition) is 6. The Morgan fingerprint density at radius 1 is 1.29 bits per heavy atom. The zero-order valence-corrected chi connectivity index (χ0v) is 17.5. The van der Waals surface area contributed by atoms with Gasteiger partial charge in [-0.1, -0.05) is 17.4 Å². The molecule has 1 aromatic heterocycles. The molecule has 0 bridgehead atoms. The fraction of sp³-hybridized carbons (Fsp3) is 0.263. The van der Waals surface area contributed by atoms with Gasteiger partial charge in [-0.15, -0.1) is 11.8 Å². The quantitative estimate of drug-likeness (QED) is 0.363. The number of non-ortho nitro benzene ring substituents is 1. The van der Waals surface area contributed by atoms with E-state index >= 15 is 0 Å². The summed E-state index contributed by atoms with van der Waals surface area (Å²) >= 11 is 2.88. The molecule has 9 heteroatoms. The lowest BCUT2D eigenvalue weighted by atomic mass is 10.2. The van der Waals surface area contributed by atoms with Crippen molar-refractivity contribution in [2.45, 2.75) is 4.90 Å². The van der Waals surface area contributed by atoms with Gasteiger partial charge in [0.1, 0.15) is 0 Å². The van der Waals surface area contributed by atoms with E-state index in [1.54, 1.807) is 28.8 Å². The number of thioether (sulfide) groups is 1. The van der Waals surface area contributed by atoms with E-state index in [1.165, 1.54) is 28.4 Å². The van der Waals surface area contributed by atoms with Crippen molar-refractivity contribution in [3.05, 3.63) is 58.1 Å². The van der Waals surface area contributed by atoms with Crippen molar-refractivity contribution in [2.24, 2.45) is 0 Å². The number of nitro groups is 1. The van der Waals surface area contributed by atoms with E-state index in [1.807, 2.05) is 38.6 Å². The van der Waals surface area contributed by atoms with Gasteiger partial charge in [-0.05, 0) is 30.5 Å². The van der Waals surface area contributed by atoms with Crippen molar-refractivity contribution < 1.29 is 14.6 Å². The largest absolute Gasteiger partial charge is 0.338 e. The summed E-state index contributed by atoms with van der Waals surface area (Å²) in [5, 5.41) is 11.6. The molecule has 146 valence electrons. The number of thiazole rings is 1. The Morgan fingerprint density at radius 3 is 2.75 bits per heavy atom. The molecule has 1 amide bonds. The van der Waals surface area contributed by atoms with Gasteiger partial charge in [-0.3, -0.25) is 19.8 Å². The second kappa shape index (κ2) is 8.68. The van der Waals surface area contributed by atoms with Gasteiger partial charge in [0.25, 0.3) is 11.6 Å². The van der Waals surface area contributed by atoms with Gasteiger partial charge in [0.05, 0.1) is 42.3 Å². The predicted octanol–water partition coefficient (Wildman–Crippen LogP) is 2.72. The van der Waals surface area contributed by atoms with Crippen LogP contribution in [0.25, 0.3) is 10.2 Å². The maximum Gasteiger partial charge on any atom is 0.270 e. The molecule has 7 nitrogen and oxygen atoms in total. The second-order valence-corrected chi connectivity index (χ2v) is 8.44. The molecule has 0 saturated heterocycles. The maximum absolute atomic E-state index is 13.2. The summed E-state index contributed by atoms with van der Waals surface area (Å²) < 4.78 is 0.692. The number of amides is 1. The van der Waals surface area contributed by atoms with Gasteiger partial charge in [-0.25, -0.2) is 4.98 Å². The van der Waals surface area contributed by atoms with Crippen LogP contribution in [0.3, 0.4) is 0 Å². The van der Waals surface area contributed by atoms with E-state index in [2.05, 4.69) is 4.98 Å². The molecule has 0 atom stereocenters. The number of nitrogens with one attached hydrogen (secondary N) is 1. The molecular weight excluding hydrogens is 396 g/mol. The topological polar surface area (TPSA) is 80.8 Å². The molecule has 3 aromatic rings. The first kappa shape index (κ1) is 20.2. The minimum absolute atomic E-state index is 0.0194. The summed E-state index contributed by atoms with van der Waals surface area (Å²) in [6, 6.07) is 12.1. The minimum atomic E-state index is -0.426. The van der Waals surface area contributed by atoms with Crippen molar-refractivity contribution in [3.8, 4) is 0 Å². The van der Waals surface area contributed by atoms with Crippen LogP contribution in [0, 0.1) is 10.1 Å². The van der Waals surface area contributed by atoms with E-state index in [-0.39, 0.29) is 11.6 Å². The Hall–Kier alpha value is -2.49. The standard InChI is InChI=1S/C19H20N4O3S2/c1-21(2)9-10-22(18(24)13-5-4-6-15(11-13)27-3)19-20-16-8-7-14(23(25)26)12-17(16)28-19/h4-8,11-12H,9-10H2,1-3H3/p+1. The molecule has 0 aliphatic rings. The van der Waals surface area contributed by atoms with E-state index in [0.29, 0.717) is 27.5 Å². The molecular formula is C19H21N4O3S2+. The van der Waals surface area contributed by atoms with Gasteiger partial charge in [0.15, 0.2) is 5.13 Å². The lowest BCUT2D eigenvalue weighted by Crippen LogP contribution is -3.06. The van der Waals surface area contributed by atoms with Crippen LogP contribution in [0.15, 0.2) is 47.4 Å². The molecule has 1 N–H and O–H groups in total. The van der Waals surface area contributed by atoms with Crippen molar-refractivity contribution in [1.29, 1.82) is 0 Å². The number of likely N-dealkylation sites (N-methyl/N-ethyl adjacent to an activating group) is 1. The average molecular weight is 418 g/mol.